The minimum atomic E-state index is -4.58. The van der Waals surface area contributed by atoms with E-state index in [-0.39, 0.29) is 38.3 Å². The Labute approximate surface area is 208 Å². The zero-order chi connectivity index (χ0) is 24.8. The minimum Gasteiger partial charge on any atom is -0.369 e. The second-order valence-corrected chi connectivity index (χ2v) is 8.58. The lowest BCUT2D eigenvalue weighted by Crippen LogP contribution is -2.27. The molecule has 1 fully saturated rings. The number of aryl methyl sites for hydroxylation is 2. The first-order valence-electron chi connectivity index (χ1n) is 11.5. The van der Waals surface area contributed by atoms with Crippen LogP contribution in [0.25, 0.3) is 0 Å². The number of piperidine rings is 1. The normalized spacial score (nSPS) is 14.2. The van der Waals surface area contributed by atoms with Crippen molar-refractivity contribution < 1.29 is 18.0 Å². The van der Waals surface area contributed by atoms with Crippen LogP contribution in [0.15, 0.2) is 48.8 Å². The fourth-order valence-electron chi connectivity index (χ4n) is 4.29. The Morgan fingerprint density at radius 3 is 2.39 bits per heavy atom. The number of nitrogens with zero attached hydrogens (tertiary/aromatic N) is 3. The van der Waals surface area contributed by atoms with E-state index in [2.05, 4.69) is 25.6 Å². The Morgan fingerprint density at radius 1 is 1.03 bits per heavy atom. The van der Waals surface area contributed by atoms with Crippen LogP contribution in [0.4, 0.5) is 24.8 Å². The van der Waals surface area contributed by atoms with E-state index in [0.717, 1.165) is 43.4 Å². The second-order valence-electron chi connectivity index (χ2n) is 8.58. The van der Waals surface area contributed by atoms with Crippen molar-refractivity contribution >= 4 is 17.5 Å². The van der Waals surface area contributed by atoms with Gasteiger partial charge in [0.15, 0.2) is 0 Å². The molecular formula is C26H31F3N6O. The molecule has 0 bridgehead atoms. The monoisotopic (exact) mass is 500 g/mol. The molecule has 0 spiro atoms. The first-order chi connectivity index (χ1) is 16.8. The number of aromatic nitrogens is 3. The molecule has 4 N–H and O–H groups in total. The predicted molar refractivity (Wildman–Crippen MR) is 133 cm³/mol. The number of alkyl halides is 3. The molecule has 0 aliphatic carbocycles. The van der Waals surface area contributed by atoms with Crippen molar-refractivity contribution in [1.29, 1.82) is 0 Å². The first-order valence-corrected chi connectivity index (χ1v) is 11.5. The first kappa shape index (κ1) is 27.1. The fraction of sp³-hybridized carbons (Fsp3) is 0.385. The van der Waals surface area contributed by atoms with Crippen LogP contribution in [0.2, 0.25) is 0 Å². The van der Waals surface area contributed by atoms with E-state index in [1.807, 2.05) is 12.1 Å². The van der Waals surface area contributed by atoms with Gasteiger partial charge in [-0.1, -0.05) is 31.7 Å². The summed E-state index contributed by atoms with van der Waals surface area (Å²) in [6.45, 7) is 1.92. The van der Waals surface area contributed by atoms with E-state index < -0.39 is 17.6 Å². The number of amides is 1. The van der Waals surface area contributed by atoms with Gasteiger partial charge in [0.1, 0.15) is 0 Å². The molecule has 0 atom stereocenters. The molecule has 1 amide bonds. The van der Waals surface area contributed by atoms with E-state index in [4.69, 9.17) is 5.73 Å². The molecule has 1 aliphatic rings. The van der Waals surface area contributed by atoms with Crippen molar-refractivity contribution in [3.05, 3.63) is 76.9 Å². The number of benzene rings is 1. The summed E-state index contributed by atoms with van der Waals surface area (Å²) < 4.78 is 40.9. The molecule has 4 rings (SSSR count). The molecule has 0 saturated carbocycles. The van der Waals surface area contributed by atoms with Crippen LogP contribution in [0.1, 0.15) is 54.3 Å². The lowest BCUT2D eigenvalue weighted by atomic mass is 9.94. The van der Waals surface area contributed by atoms with Gasteiger partial charge in [-0.15, -0.1) is 0 Å². The molecule has 1 aliphatic heterocycles. The zero-order valence-corrected chi connectivity index (χ0v) is 19.1. The van der Waals surface area contributed by atoms with E-state index in [9.17, 15) is 18.0 Å². The average Bonchev–Trinajstić information content (AvgIpc) is 2.83. The Bertz CT molecular complexity index is 1160. The summed E-state index contributed by atoms with van der Waals surface area (Å²) >= 11 is 0. The molecule has 2 aromatic heterocycles. The summed E-state index contributed by atoms with van der Waals surface area (Å²) in [5.41, 5.74) is 7.35. The summed E-state index contributed by atoms with van der Waals surface area (Å²) in [5.74, 6) is -0.0340. The minimum absolute atomic E-state index is 0. The maximum absolute atomic E-state index is 13.6. The molecule has 1 saturated heterocycles. The lowest BCUT2D eigenvalue weighted by Gasteiger charge is -2.22. The molecule has 3 aromatic rings. The number of nitrogens with one attached hydrogen (secondary N) is 2. The van der Waals surface area contributed by atoms with E-state index in [1.54, 1.807) is 30.5 Å². The standard InChI is InChI=1S/C25H27F3N6O.CH4/c26-25(27,28)20-15-32-24(33-19-6-8-21(31-14-19)17-9-11-30-12-10-17)34-22(20)7-5-16-3-1-2-4-18(16)13-23(29)35;/h1-4,6,8,14-15,17,30H,5,7,9-13H2,(H2,29,35)(H,32,33,34);1H4. The van der Waals surface area contributed by atoms with Crippen molar-refractivity contribution in [3.8, 4) is 0 Å². The summed E-state index contributed by atoms with van der Waals surface area (Å²) in [4.78, 5) is 23.9. The number of hydrogen-bond donors (Lipinski definition) is 3. The highest BCUT2D eigenvalue weighted by molar-refractivity contribution is 5.77. The van der Waals surface area contributed by atoms with Gasteiger partial charge in [-0.2, -0.15) is 13.2 Å². The van der Waals surface area contributed by atoms with Gasteiger partial charge < -0.3 is 16.4 Å². The SMILES string of the molecule is C.NC(=O)Cc1ccccc1CCc1nc(Nc2ccc(C3CCNCC3)nc2)ncc1C(F)(F)F. The van der Waals surface area contributed by atoms with Crippen molar-refractivity contribution in [3.63, 3.8) is 0 Å². The van der Waals surface area contributed by atoms with Crippen molar-refractivity contribution in [2.75, 3.05) is 18.4 Å². The maximum Gasteiger partial charge on any atom is 0.419 e. The van der Waals surface area contributed by atoms with E-state index in [0.29, 0.717) is 17.2 Å². The van der Waals surface area contributed by atoms with Gasteiger partial charge in [0.2, 0.25) is 11.9 Å². The summed E-state index contributed by atoms with van der Waals surface area (Å²) in [7, 11) is 0. The number of anilines is 2. The number of pyridine rings is 1. The van der Waals surface area contributed by atoms with Gasteiger partial charge in [0.25, 0.3) is 0 Å². The van der Waals surface area contributed by atoms with Crippen LogP contribution in [-0.4, -0.2) is 33.9 Å². The third-order valence-corrected chi connectivity index (χ3v) is 6.09. The third kappa shape index (κ3) is 7.00. The molecule has 7 nitrogen and oxygen atoms in total. The quantitative estimate of drug-likeness (QED) is 0.419. The van der Waals surface area contributed by atoms with Gasteiger partial charge in [0.05, 0.1) is 29.6 Å². The van der Waals surface area contributed by atoms with Gasteiger partial charge in [-0.25, -0.2) is 9.97 Å². The predicted octanol–water partition coefficient (Wildman–Crippen LogP) is 4.55. The van der Waals surface area contributed by atoms with Crippen molar-refractivity contribution in [2.24, 2.45) is 5.73 Å². The smallest absolute Gasteiger partial charge is 0.369 e. The van der Waals surface area contributed by atoms with Crippen molar-refractivity contribution in [2.45, 2.75) is 51.6 Å². The van der Waals surface area contributed by atoms with Gasteiger partial charge in [-0.3, -0.25) is 9.78 Å². The molecule has 1 aromatic carbocycles. The van der Waals surface area contributed by atoms with Crippen molar-refractivity contribution in [1.82, 2.24) is 20.3 Å². The zero-order valence-electron chi connectivity index (χ0n) is 19.1. The van der Waals surface area contributed by atoms with E-state index in [1.165, 1.54) is 0 Å². The third-order valence-electron chi connectivity index (χ3n) is 6.09. The number of halogens is 3. The Balaban J connectivity index is 0.00000361. The lowest BCUT2D eigenvalue weighted by molar-refractivity contribution is -0.138. The molecular weight excluding hydrogens is 469 g/mol. The molecule has 3 heterocycles. The highest BCUT2D eigenvalue weighted by Gasteiger charge is 2.35. The fourth-order valence-corrected chi connectivity index (χ4v) is 4.29. The molecule has 36 heavy (non-hydrogen) atoms. The molecule has 10 heteroatoms. The van der Waals surface area contributed by atoms with Crippen LogP contribution in [0.3, 0.4) is 0 Å². The van der Waals surface area contributed by atoms with E-state index >= 15 is 0 Å². The van der Waals surface area contributed by atoms with Crippen LogP contribution < -0.4 is 16.4 Å². The van der Waals surface area contributed by atoms with Crippen LogP contribution in [0, 0.1) is 0 Å². The number of nitrogens with two attached hydrogens (primary N) is 1. The van der Waals surface area contributed by atoms with Crippen LogP contribution >= 0.6 is 0 Å². The Hall–Kier alpha value is -3.53. The topological polar surface area (TPSA) is 106 Å². The number of hydrogen-bond acceptors (Lipinski definition) is 6. The van der Waals surface area contributed by atoms with Crippen LogP contribution in [-0.2, 0) is 30.2 Å². The second kappa shape index (κ2) is 11.9. The number of carbonyl (C=O) groups excluding carboxylic acids is 1. The number of rotatable bonds is 8. The maximum atomic E-state index is 13.6. The molecule has 0 radical (unpaired) electrons. The Kier molecular flexibility index (Phi) is 8.98. The number of carbonyl (C=O) groups is 1. The molecule has 192 valence electrons. The number of primary amides is 1. The van der Waals surface area contributed by atoms with Gasteiger partial charge in [0, 0.05) is 17.8 Å². The Morgan fingerprint density at radius 2 is 1.75 bits per heavy atom. The summed E-state index contributed by atoms with van der Waals surface area (Å²) in [6, 6.07) is 10.8. The van der Waals surface area contributed by atoms with Gasteiger partial charge >= 0.3 is 6.18 Å². The molecule has 0 unspecified atom stereocenters. The van der Waals surface area contributed by atoms with Crippen LogP contribution in [0.5, 0.6) is 0 Å². The highest BCUT2D eigenvalue weighted by atomic mass is 19.4. The summed E-state index contributed by atoms with van der Waals surface area (Å²) in [5, 5.41) is 6.29. The largest absolute Gasteiger partial charge is 0.419 e. The average molecular weight is 501 g/mol. The van der Waals surface area contributed by atoms with Gasteiger partial charge in [-0.05, 0) is 62.0 Å². The highest BCUT2D eigenvalue weighted by Crippen LogP contribution is 2.32. The summed E-state index contributed by atoms with van der Waals surface area (Å²) in [6.07, 6.45) is 0.235.